The normalized spacial score (nSPS) is 11.4. The van der Waals surface area contributed by atoms with Gasteiger partial charge in [0.1, 0.15) is 5.56 Å². The van der Waals surface area contributed by atoms with Crippen LogP contribution < -0.4 is 10.9 Å². The van der Waals surface area contributed by atoms with Gasteiger partial charge in [-0.05, 0) is 64.2 Å². The summed E-state index contributed by atoms with van der Waals surface area (Å²) >= 11 is 5.34. The number of hydrogen-bond acceptors (Lipinski definition) is 5. The van der Waals surface area contributed by atoms with Crippen molar-refractivity contribution < 1.29 is 9.90 Å². The molecule has 0 fully saturated rings. The molecule has 0 spiro atoms. The number of aryl methyl sites for hydroxylation is 1. The van der Waals surface area contributed by atoms with Gasteiger partial charge in [-0.25, -0.2) is 0 Å². The Morgan fingerprint density at radius 3 is 2.31 bits per heavy atom. The number of amides is 1. The third-order valence-corrected chi connectivity index (χ3v) is 5.58. The smallest absolute Gasteiger partial charge is 0.267 e. The average Bonchev–Trinajstić information content (AvgIpc) is 2.76. The number of hydrogen-bond donors (Lipinski definition) is 2. The molecule has 0 unspecified atom stereocenters. The first-order chi connectivity index (χ1) is 15.3. The Morgan fingerprint density at radius 1 is 1.06 bits per heavy atom. The fraction of sp³-hybridized carbons (Fsp3) is 0.250. The maximum atomic E-state index is 13.0. The Bertz CT molecular complexity index is 1300. The number of aromatic nitrogens is 2. The maximum Gasteiger partial charge on any atom is 0.267 e. The molecule has 166 valence electrons. The molecule has 8 heteroatoms. The topological polar surface area (TPSA) is 88.6 Å². The second-order valence-corrected chi connectivity index (χ2v) is 7.67. The van der Waals surface area contributed by atoms with Crippen LogP contribution in [0.15, 0.2) is 58.3 Å². The first kappa shape index (κ1) is 23.1. The zero-order valence-corrected chi connectivity index (χ0v) is 19.4. The number of nitrogens with one attached hydrogen (secondary N) is 1. The summed E-state index contributed by atoms with van der Waals surface area (Å²) in [6, 6.07) is 14.4. The molecule has 0 saturated heterocycles. The molecule has 0 aliphatic heterocycles. The van der Waals surface area contributed by atoms with Crippen molar-refractivity contribution in [2.45, 2.75) is 40.8 Å². The third-order valence-electron chi connectivity index (χ3n) is 5.14. The number of carbonyl (C=O) groups is 1. The molecule has 2 N–H and O–H groups in total. The van der Waals surface area contributed by atoms with Gasteiger partial charge in [0.2, 0.25) is 5.88 Å². The van der Waals surface area contributed by atoms with Crippen molar-refractivity contribution in [3.63, 3.8) is 0 Å². The summed E-state index contributed by atoms with van der Waals surface area (Å²) in [7, 11) is 0. The number of carbonyl (C=O) groups excluding carboxylic acids is 1. The van der Waals surface area contributed by atoms with Crippen LogP contribution in [-0.2, 0) is 13.1 Å². The molecule has 3 rings (SSSR count). The van der Waals surface area contributed by atoms with E-state index in [1.165, 1.54) is 9.13 Å². The van der Waals surface area contributed by atoms with Crippen LogP contribution in [0, 0.1) is 11.7 Å². The van der Waals surface area contributed by atoms with Crippen LogP contribution >= 0.6 is 12.2 Å². The molecule has 1 amide bonds. The molecule has 7 nitrogen and oxygen atoms in total. The molecule has 1 aromatic heterocycles. The predicted octanol–water partition coefficient (Wildman–Crippen LogP) is 4.83. The Morgan fingerprint density at radius 2 is 1.69 bits per heavy atom. The quantitative estimate of drug-likeness (QED) is 0.416. The summed E-state index contributed by atoms with van der Waals surface area (Å²) in [5.41, 5.74) is 2.45. The summed E-state index contributed by atoms with van der Waals surface area (Å²) in [5.74, 6) is -0.546. The number of aliphatic imine (C=N–C) groups is 1. The van der Waals surface area contributed by atoms with E-state index < -0.39 is 5.56 Å². The molecular weight excluding hydrogens is 424 g/mol. The highest BCUT2D eigenvalue weighted by Crippen LogP contribution is 2.23. The van der Waals surface area contributed by atoms with Crippen molar-refractivity contribution in [2.24, 2.45) is 4.99 Å². The predicted molar refractivity (Wildman–Crippen MR) is 130 cm³/mol. The van der Waals surface area contributed by atoms with Gasteiger partial charge in [-0.1, -0.05) is 29.8 Å². The molecule has 0 atom stereocenters. The Labute approximate surface area is 191 Å². The second kappa shape index (κ2) is 9.74. The summed E-state index contributed by atoms with van der Waals surface area (Å²) in [4.78, 5) is 30.4. The van der Waals surface area contributed by atoms with E-state index in [2.05, 4.69) is 10.3 Å². The lowest BCUT2D eigenvalue weighted by molar-refractivity contribution is 0.102. The van der Waals surface area contributed by atoms with Crippen LogP contribution in [0.3, 0.4) is 0 Å². The van der Waals surface area contributed by atoms with Gasteiger partial charge in [0, 0.05) is 18.8 Å². The maximum absolute atomic E-state index is 13.0. The number of aromatic hydroxyl groups is 1. The van der Waals surface area contributed by atoms with Gasteiger partial charge < -0.3 is 10.4 Å². The van der Waals surface area contributed by atoms with Crippen LogP contribution in [-0.4, -0.2) is 25.9 Å². The molecule has 0 radical (unpaired) electrons. The highest BCUT2D eigenvalue weighted by atomic mass is 32.1. The molecule has 2 aromatic carbocycles. The first-order valence-electron chi connectivity index (χ1n) is 10.4. The molecular formula is C24H26N4O3S. The largest absolute Gasteiger partial charge is 0.494 e. The molecule has 0 aliphatic carbocycles. The number of nitrogens with zero attached hydrogens (tertiary/aromatic N) is 3. The van der Waals surface area contributed by atoms with Crippen LogP contribution in [0.5, 0.6) is 5.88 Å². The van der Waals surface area contributed by atoms with E-state index in [-0.39, 0.29) is 22.1 Å². The highest BCUT2D eigenvalue weighted by molar-refractivity contribution is 7.71. The fourth-order valence-corrected chi connectivity index (χ4v) is 3.83. The van der Waals surface area contributed by atoms with E-state index in [1.807, 2.05) is 45.0 Å². The van der Waals surface area contributed by atoms with Crippen LogP contribution in [0.25, 0.3) is 0 Å². The van der Waals surface area contributed by atoms with Gasteiger partial charge in [-0.2, -0.15) is 0 Å². The van der Waals surface area contributed by atoms with Crippen molar-refractivity contribution >= 4 is 35.2 Å². The minimum absolute atomic E-state index is 0.0658. The minimum atomic E-state index is -0.414. The van der Waals surface area contributed by atoms with Crippen molar-refractivity contribution in [3.05, 3.63) is 80.3 Å². The van der Waals surface area contributed by atoms with Gasteiger partial charge in [-0.15, -0.1) is 0 Å². The molecule has 1 heterocycles. The van der Waals surface area contributed by atoms with Gasteiger partial charge in [-0.3, -0.25) is 23.7 Å². The fourth-order valence-electron chi connectivity index (χ4n) is 3.40. The first-order valence-corrected chi connectivity index (χ1v) is 10.8. The molecule has 3 aromatic rings. The number of rotatable bonds is 6. The Balaban J connectivity index is 2.07. The molecule has 0 saturated carbocycles. The van der Waals surface area contributed by atoms with Crippen molar-refractivity contribution in [1.29, 1.82) is 0 Å². The minimum Gasteiger partial charge on any atom is -0.494 e. The van der Waals surface area contributed by atoms with E-state index in [0.717, 1.165) is 5.56 Å². The molecule has 0 bridgehead atoms. The monoisotopic (exact) mass is 450 g/mol. The van der Waals surface area contributed by atoms with Crippen LogP contribution in [0.1, 0.15) is 42.3 Å². The average molecular weight is 451 g/mol. The van der Waals surface area contributed by atoms with E-state index in [0.29, 0.717) is 35.7 Å². The Kier molecular flexibility index (Phi) is 7.05. The Hall–Kier alpha value is -3.52. The van der Waals surface area contributed by atoms with Crippen molar-refractivity contribution in [2.75, 3.05) is 5.32 Å². The highest BCUT2D eigenvalue weighted by Gasteiger charge is 2.19. The summed E-state index contributed by atoms with van der Waals surface area (Å²) in [6.45, 7) is 8.03. The van der Waals surface area contributed by atoms with E-state index in [4.69, 9.17) is 12.2 Å². The van der Waals surface area contributed by atoms with Gasteiger partial charge in [0.25, 0.3) is 11.5 Å². The molecule has 32 heavy (non-hydrogen) atoms. The summed E-state index contributed by atoms with van der Waals surface area (Å²) in [5, 5.41) is 13.6. The van der Waals surface area contributed by atoms with Crippen LogP contribution in [0.4, 0.5) is 11.4 Å². The molecule has 0 aliphatic rings. The van der Waals surface area contributed by atoms with Crippen molar-refractivity contribution in [3.8, 4) is 5.88 Å². The lowest BCUT2D eigenvalue weighted by Crippen LogP contribution is -2.30. The van der Waals surface area contributed by atoms with Crippen LogP contribution in [0.2, 0.25) is 0 Å². The van der Waals surface area contributed by atoms with E-state index in [9.17, 15) is 14.7 Å². The van der Waals surface area contributed by atoms with E-state index in [1.54, 1.807) is 31.2 Å². The standard InChI is InChI=1S/C24H26N4O3S/c1-5-27-22(30)20(23(31)28(6-2)24(27)32)16(4)25-19-10-8-7-9-18(19)21(29)26-17-13-11-15(3)12-14-17/h7-14,30H,5-6H2,1-4H3,(H,26,29). The lowest BCUT2D eigenvalue weighted by Gasteiger charge is -2.15. The number of anilines is 1. The summed E-state index contributed by atoms with van der Waals surface area (Å²) < 4.78 is 3.17. The third kappa shape index (κ3) is 4.55. The van der Waals surface area contributed by atoms with Gasteiger partial charge >= 0.3 is 0 Å². The SMILES string of the molecule is CCn1c(O)c(C(C)=Nc2ccccc2C(=O)Nc2ccc(C)cc2)c(=O)n(CC)c1=S. The number of benzene rings is 2. The summed E-state index contributed by atoms with van der Waals surface area (Å²) in [6.07, 6.45) is 0. The van der Waals surface area contributed by atoms with Crippen molar-refractivity contribution in [1.82, 2.24) is 9.13 Å². The van der Waals surface area contributed by atoms with E-state index >= 15 is 0 Å². The van der Waals surface area contributed by atoms with Gasteiger partial charge in [0.05, 0.1) is 17.0 Å². The number of para-hydroxylation sites is 1. The van der Waals surface area contributed by atoms with Gasteiger partial charge in [0.15, 0.2) is 4.77 Å². The zero-order chi connectivity index (χ0) is 23.4. The second-order valence-electron chi connectivity index (χ2n) is 7.31. The lowest BCUT2D eigenvalue weighted by atomic mass is 10.1. The zero-order valence-electron chi connectivity index (χ0n) is 18.5.